The smallest absolute Gasteiger partial charge is 0.218 e. The highest BCUT2D eigenvalue weighted by Crippen LogP contribution is 2.15. The molecule has 0 aliphatic carbocycles. The van der Waals surface area contributed by atoms with E-state index in [1.54, 1.807) is 6.20 Å². The largest absolute Gasteiger partial charge is 0.478 e. The predicted molar refractivity (Wildman–Crippen MR) is 89.1 cm³/mol. The lowest BCUT2D eigenvalue weighted by Gasteiger charge is -2.19. The number of ether oxygens (including phenoxy) is 1. The van der Waals surface area contributed by atoms with Crippen LogP contribution in [0.3, 0.4) is 0 Å². The van der Waals surface area contributed by atoms with Gasteiger partial charge in [0.05, 0.1) is 13.2 Å². The van der Waals surface area contributed by atoms with Gasteiger partial charge in [0.15, 0.2) is 5.96 Å². The molecule has 0 amide bonds. The SMILES string of the molecule is CCOc1ncccc1CN=C(N)N(CC)CC.I. The maximum Gasteiger partial charge on any atom is 0.218 e. The minimum atomic E-state index is 0. The van der Waals surface area contributed by atoms with E-state index in [9.17, 15) is 0 Å². The van der Waals surface area contributed by atoms with E-state index < -0.39 is 0 Å². The predicted octanol–water partition coefficient (Wildman–Crippen LogP) is 2.25. The molecule has 0 spiro atoms. The fraction of sp³-hybridized carbons (Fsp3) is 0.538. The van der Waals surface area contributed by atoms with Gasteiger partial charge in [-0.3, -0.25) is 0 Å². The van der Waals surface area contributed by atoms with Gasteiger partial charge in [0.25, 0.3) is 0 Å². The lowest BCUT2D eigenvalue weighted by molar-refractivity contribution is 0.323. The molecular weight excluding hydrogens is 355 g/mol. The molecule has 1 aromatic heterocycles. The molecule has 0 atom stereocenters. The van der Waals surface area contributed by atoms with Crippen LogP contribution < -0.4 is 10.5 Å². The first-order valence-corrected chi connectivity index (χ1v) is 6.34. The van der Waals surface area contributed by atoms with Gasteiger partial charge in [0.1, 0.15) is 0 Å². The van der Waals surface area contributed by atoms with Crippen LogP contribution >= 0.6 is 24.0 Å². The number of guanidine groups is 1. The van der Waals surface area contributed by atoms with Crippen LogP contribution in [0.1, 0.15) is 26.3 Å². The Labute approximate surface area is 132 Å². The summed E-state index contributed by atoms with van der Waals surface area (Å²) in [7, 11) is 0. The van der Waals surface area contributed by atoms with Crippen molar-refractivity contribution in [2.75, 3.05) is 19.7 Å². The molecule has 0 saturated heterocycles. The Morgan fingerprint density at radius 1 is 1.37 bits per heavy atom. The summed E-state index contributed by atoms with van der Waals surface area (Å²) in [5.41, 5.74) is 6.88. The minimum Gasteiger partial charge on any atom is -0.478 e. The summed E-state index contributed by atoms with van der Waals surface area (Å²) in [6, 6.07) is 3.83. The molecule has 0 saturated carbocycles. The molecule has 108 valence electrons. The van der Waals surface area contributed by atoms with Gasteiger partial charge in [-0.2, -0.15) is 0 Å². The number of aromatic nitrogens is 1. The van der Waals surface area contributed by atoms with Gasteiger partial charge in [0, 0.05) is 24.8 Å². The first-order chi connectivity index (χ1) is 8.72. The van der Waals surface area contributed by atoms with Crippen molar-refractivity contribution in [1.29, 1.82) is 0 Å². The highest BCUT2D eigenvalue weighted by atomic mass is 127. The number of rotatable bonds is 6. The number of hydrogen-bond donors (Lipinski definition) is 1. The van der Waals surface area contributed by atoms with Crippen molar-refractivity contribution < 1.29 is 4.74 Å². The van der Waals surface area contributed by atoms with Crippen molar-refractivity contribution in [3.05, 3.63) is 23.9 Å². The Morgan fingerprint density at radius 2 is 2.05 bits per heavy atom. The number of hydrogen-bond acceptors (Lipinski definition) is 3. The monoisotopic (exact) mass is 378 g/mol. The van der Waals surface area contributed by atoms with Crippen LogP contribution in [-0.2, 0) is 6.54 Å². The molecule has 19 heavy (non-hydrogen) atoms. The summed E-state index contributed by atoms with van der Waals surface area (Å²) < 4.78 is 5.45. The summed E-state index contributed by atoms with van der Waals surface area (Å²) in [5.74, 6) is 1.20. The van der Waals surface area contributed by atoms with Crippen LogP contribution in [0.2, 0.25) is 0 Å². The van der Waals surface area contributed by atoms with Gasteiger partial charge in [-0.1, -0.05) is 6.07 Å². The van der Waals surface area contributed by atoms with Crippen LogP contribution in [0.15, 0.2) is 23.3 Å². The summed E-state index contributed by atoms with van der Waals surface area (Å²) in [6.45, 7) is 8.86. The summed E-state index contributed by atoms with van der Waals surface area (Å²) in [5, 5.41) is 0. The lowest BCUT2D eigenvalue weighted by atomic mass is 10.3. The Morgan fingerprint density at radius 3 is 2.63 bits per heavy atom. The van der Waals surface area contributed by atoms with Crippen LogP contribution in [0.5, 0.6) is 5.88 Å². The second kappa shape index (κ2) is 9.82. The normalized spacial score (nSPS) is 10.8. The maximum atomic E-state index is 5.93. The van der Waals surface area contributed by atoms with Gasteiger partial charge in [-0.15, -0.1) is 24.0 Å². The third-order valence-corrected chi connectivity index (χ3v) is 2.63. The van der Waals surface area contributed by atoms with Crippen LogP contribution in [0.25, 0.3) is 0 Å². The lowest BCUT2D eigenvalue weighted by Crippen LogP contribution is -2.37. The maximum absolute atomic E-state index is 5.93. The van der Waals surface area contributed by atoms with Gasteiger partial charge in [0.2, 0.25) is 5.88 Å². The first-order valence-electron chi connectivity index (χ1n) is 6.34. The van der Waals surface area contributed by atoms with Crippen LogP contribution in [0.4, 0.5) is 0 Å². The number of nitrogens with zero attached hydrogens (tertiary/aromatic N) is 3. The van der Waals surface area contributed by atoms with Crippen molar-refractivity contribution >= 4 is 29.9 Å². The van der Waals surface area contributed by atoms with E-state index in [-0.39, 0.29) is 24.0 Å². The van der Waals surface area contributed by atoms with Gasteiger partial charge < -0.3 is 15.4 Å². The highest BCUT2D eigenvalue weighted by molar-refractivity contribution is 14.0. The molecule has 0 unspecified atom stereocenters. The third kappa shape index (κ3) is 5.63. The fourth-order valence-electron chi connectivity index (χ4n) is 1.62. The topological polar surface area (TPSA) is 63.7 Å². The molecule has 6 heteroatoms. The molecule has 0 aliphatic rings. The van der Waals surface area contributed by atoms with E-state index >= 15 is 0 Å². The zero-order chi connectivity index (χ0) is 13.4. The molecular formula is C13H23IN4O. The van der Waals surface area contributed by atoms with Crippen molar-refractivity contribution in [2.24, 2.45) is 10.7 Å². The Kier molecular flexibility index (Phi) is 9.28. The molecule has 2 N–H and O–H groups in total. The zero-order valence-corrected chi connectivity index (χ0v) is 14.1. The van der Waals surface area contributed by atoms with E-state index in [2.05, 4.69) is 23.8 Å². The second-order valence-corrected chi connectivity index (χ2v) is 3.75. The number of halogens is 1. The Balaban J connectivity index is 0.00000324. The third-order valence-electron chi connectivity index (χ3n) is 2.63. The molecule has 5 nitrogen and oxygen atoms in total. The highest BCUT2D eigenvalue weighted by Gasteiger charge is 2.05. The zero-order valence-electron chi connectivity index (χ0n) is 11.8. The number of aliphatic imine (C=N–C) groups is 1. The molecule has 1 rings (SSSR count). The number of pyridine rings is 1. The molecule has 0 aromatic carbocycles. The van der Waals surface area contributed by atoms with Gasteiger partial charge >= 0.3 is 0 Å². The standard InChI is InChI=1S/C13H22N4O.HI/c1-4-17(5-2)13(14)16-10-11-8-7-9-15-12(11)18-6-3;/h7-9H,4-6,10H2,1-3H3,(H2,14,16);1H. The minimum absolute atomic E-state index is 0. The number of nitrogens with two attached hydrogens (primary N) is 1. The molecule has 0 bridgehead atoms. The quantitative estimate of drug-likeness (QED) is 0.469. The summed E-state index contributed by atoms with van der Waals surface area (Å²) >= 11 is 0. The second-order valence-electron chi connectivity index (χ2n) is 3.75. The van der Waals surface area contributed by atoms with Gasteiger partial charge in [-0.05, 0) is 26.8 Å². The van der Waals surface area contributed by atoms with E-state index in [1.165, 1.54) is 0 Å². The van der Waals surface area contributed by atoms with E-state index in [0.29, 0.717) is 25.0 Å². The van der Waals surface area contributed by atoms with Crippen molar-refractivity contribution in [3.8, 4) is 5.88 Å². The molecule has 0 radical (unpaired) electrons. The fourth-order valence-corrected chi connectivity index (χ4v) is 1.62. The van der Waals surface area contributed by atoms with E-state index in [1.807, 2.05) is 24.0 Å². The first kappa shape index (κ1) is 17.9. The average Bonchev–Trinajstić information content (AvgIpc) is 2.39. The molecule has 1 heterocycles. The molecule has 1 aromatic rings. The Bertz CT molecular complexity index is 394. The van der Waals surface area contributed by atoms with Crippen molar-refractivity contribution in [2.45, 2.75) is 27.3 Å². The van der Waals surface area contributed by atoms with Crippen LogP contribution in [0, 0.1) is 0 Å². The van der Waals surface area contributed by atoms with E-state index in [0.717, 1.165) is 18.7 Å². The van der Waals surface area contributed by atoms with Crippen molar-refractivity contribution in [3.63, 3.8) is 0 Å². The van der Waals surface area contributed by atoms with Crippen molar-refractivity contribution in [1.82, 2.24) is 9.88 Å². The molecule has 0 aliphatic heterocycles. The Hall–Kier alpha value is -1.05. The molecule has 0 fully saturated rings. The van der Waals surface area contributed by atoms with E-state index in [4.69, 9.17) is 10.5 Å². The van der Waals surface area contributed by atoms with Crippen LogP contribution in [-0.4, -0.2) is 35.5 Å². The van der Waals surface area contributed by atoms with Gasteiger partial charge in [-0.25, -0.2) is 9.98 Å². The average molecular weight is 378 g/mol. The summed E-state index contributed by atoms with van der Waals surface area (Å²) in [6.07, 6.45) is 1.71. The summed E-state index contributed by atoms with van der Waals surface area (Å²) in [4.78, 5) is 10.6.